The van der Waals surface area contributed by atoms with E-state index in [1.165, 1.54) is 0 Å². The summed E-state index contributed by atoms with van der Waals surface area (Å²) in [4.78, 5) is 11.0. The van der Waals surface area contributed by atoms with Gasteiger partial charge in [-0.15, -0.1) is 10.2 Å². The molecule has 0 aliphatic heterocycles. The van der Waals surface area contributed by atoms with Crippen molar-refractivity contribution in [3.05, 3.63) is 16.0 Å². The minimum absolute atomic E-state index is 0.251. The molecule has 0 aromatic carbocycles. The zero-order chi connectivity index (χ0) is 8.43. The van der Waals surface area contributed by atoms with Crippen LogP contribution in [0.15, 0.2) is 4.79 Å². The minimum atomic E-state index is -0.343. The van der Waals surface area contributed by atoms with Crippen molar-refractivity contribution in [1.29, 1.82) is 0 Å². The van der Waals surface area contributed by atoms with Crippen LogP contribution in [0.4, 0.5) is 5.95 Å². The molecule has 1 heterocycles. The fourth-order valence-corrected chi connectivity index (χ4v) is 0.654. The molecule has 0 bridgehead atoms. The first-order valence-corrected chi connectivity index (χ1v) is 3.06. The molecule has 11 heavy (non-hydrogen) atoms. The normalized spacial score (nSPS) is 9.64. The number of aryl methyl sites for hydroxylation is 1. The number of nitrogen functional groups attached to an aromatic ring is 1. The number of aromatic nitrogens is 3. The molecule has 60 valence electrons. The number of nitrogens with one attached hydrogen (secondary N) is 1. The first kappa shape index (κ1) is 7.52. The summed E-state index contributed by atoms with van der Waals surface area (Å²) in [5.41, 5.74) is -0.0594. The largest absolute Gasteiger partial charge is 0.356 e. The molecule has 1 aromatic heterocycles. The molecular formula is C5H9N5O. The van der Waals surface area contributed by atoms with E-state index in [1.54, 1.807) is 14.0 Å². The van der Waals surface area contributed by atoms with Gasteiger partial charge in [0.1, 0.15) is 5.69 Å². The van der Waals surface area contributed by atoms with E-state index in [1.807, 2.05) is 0 Å². The van der Waals surface area contributed by atoms with Crippen LogP contribution in [-0.4, -0.2) is 21.9 Å². The summed E-state index contributed by atoms with van der Waals surface area (Å²) in [5.74, 6) is 5.58. The maximum Gasteiger partial charge on any atom is 0.295 e. The predicted molar refractivity (Wildman–Crippen MR) is 40.7 cm³/mol. The Kier molecular flexibility index (Phi) is 1.75. The molecule has 1 rings (SSSR count). The van der Waals surface area contributed by atoms with Crippen LogP contribution in [0.1, 0.15) is 5.69 Å². The van der Waals surface area contributed by atoms with Crippen LogP contribution in [-0.2, 0) is 0 Å². The SMILES string of the molecule is CNc1nnc(C)c(=O)n1N. The molecule has 3 N–H and O–H groups in total. The summed E-state index contributed by atoms with van der Waals surface area (Å²) in [6.45, 7) is 1.55. The fourth-order valence-electron chi connectivity index (χ4n) is 0.654. The summed E-state index contributed by atoms with van der Waals surface area (Å²) in [7, 11) is 1.61. The lowest BCUT2D eigenvalue weighted by atomic mass is 10.5. The standard InChI is InChI=1S/C5H9N5O/c1-3-4(11)10(6)5(7-2)9-8-3/h6H2,1-2H3,(H,7,9). The highest BCUT2D eigenvalue weighted by Gasteiger charge is 2.02. The second kappa shape index (κ2) is 2.57. The first-order valence-electron chi connectivity index (χ1n) is 3.06. The maximum absolute atomic E-state index is 11.0. The van der Waals surface area contributed by atoms with Gasteiger partial charge >= 0.3 is 0 Å². The average Bonchev–Trinajstić information content (AvgIpc) is 2.01. The highest BCUT2D eigenvalue weighted by atomic mass is 16.1. The van der Waals surface area contributed by atoms with Gasteiger partial charge in [0.05, 0.1) is 0 Å². The van der Waals surface area contributed by atoms with Gasteiger partial charge in [-0.2, -0.15) is 4.68 Å². The second-order valence-corrected chi connectivity index (χ2v) is 2.03. The van der Waals surface area contributed by atoms with Crippen molar-refractivity contribution in [2.24, 2.45) is 0 Å². The molecular weight excluding hydrogens is 146 g/mol. The van der Waals surface area contributed by atoms with Crippen LogP contribution in [0.3, 0.4) is 0 Å². The van der Waals surface area contributed by atoms with Gasteiger partial charge < -0.3 is 11.2 Å². The molecule has 6 nitrogen and oxygen atoms in total. The van der Waals surface area contributed by atoms with Gasteiger partial charge in [-0.25, -0.2) is 0 Å². The van der Waals surface area contributed by atoms with Crippen LogP contribution < -0.4 is 16.7 Å². The predicted octanol–water partition coefficient (Wildman–Crippen LogP) is -1.30. The first-order chi connectivity index (χ1) is 5.16. The topological polar surface area (TPSA) is 85.8 Å². The molecule has 0 unspecified atom stereocenters. The minimum Gasteiger partial charge on any atom is -0.356 e. The van der Waals surface area contributed by atoms with Crippen molar-refractivity contribution in [3.63, 3.8) is 0 Å². The molecule has 0 aliphatic rings. The molecule has 0 saturated heterocycles. The Morgan fingerprint density at radius 2 is 2.18 bits per heavy atom. The van der Waals surface area contributed by atoms with Gasteiger partial charge in [0.15, 0.2) is 0 Å². The molecule has 6 heteroatoms. The van der Waals surface area contributed by atoms with Gasteiger partial charge in [-0.05, 0) is 6.92 Å². The molecule has 0 amide bonds. The summed E-state index contributed by atoms with van der Waals surface area (Å²) in [6.07, 6.45) is 0. The van der Waals surface area contributed by atoms with E-state index in [2.05, 4.69) is 15.5 Å². The van der Waals surface area contributed by atoms with E-state index in [-0.39, 0.29) is 17.2 Å². The average molecular weight is 155 g/mol. The Morgan fingerprint density at radius 3 is 2.73 bits per heavy atom. The van der Waals surface area contributed by atoms with Gasteiger partial charge in [0, 0.05) is 7.05 Å². The van der Waals surface area contributed by atoms with Crippen molar-refractivity contribution < 1.29 is 0 Å². The lowest BCUT2D eigenvalue weighted by Crippen LogP contribution is -2.32. The quantitative estimate of drug-likeness (QED) is 0.492. The fraction of sp³-hybridized carbons (Fsp3) is 0.400. The van der Waals surface area contributed by atoms with Crippen LogP contribution >= 0.6 is 0 Å². The summed E-state index contributed by atoms with van der Waals surface area (Å²) in [6, 6.07) is 0. The lowest BCUT2D eigenvalue weighted by Gasteiger charge is -2.03. The van der Waals surface area contributed by atoms with Gasteiger partial charge in [-0.3, -0.25) is 4.79 Å². The molecule has 0 fully saturated rings. The van der Waals surface area contributed by atoms with Crippen molar-refractivity contribution in [2.45, 2.75) is 6.92 Å². The monoisotopic (exact) mass is 155 g/mol. The van der Waals surface area contributed by atoms with Crippen molar-refractivity contribution in [2.75, 3.05) is 18.2 Å². The van der Waals surface area contributed by atoms with Gasteiger partial charge in [-0.1, -0.05) is 0 Å². The molecule has 1 aromatic rings. The Hall–Kier alpha value is -1.59. The number of hydrogen-bond donors (Lipinski definition) is 2. The molecule has 0 radical (unpaired) electrons. The van der Waals surface area contributed by atoms with Gasteiger partial charge in [0.2, 0.25) is 5.95 Å². The van der Waals surface area contributed by atoms with E-state index in [4.69, 9.17) is 5.84 Å². The Labute approximate surface area is 63.0 Å². The smallest absolute Gasteiger partial charge is 0.295 e. The highest BCUT2D eigenvalue weighted by molar-refractivity contribution is 5.22. The van der Waals surface area contributed by atoms with E-state index in [0.717, 1.165) is 4.68 Å². The summed E-state index contributed by atoms with van der Waals surface area (Å²) >= 11 is 0. The van der Waals surface area contributed by atoms with Crippen molar-refractivity contribution in [1.82, 2.24) is 14.9 Å². The molecule has 0 atom stereocenters. The number of rotatable bonds is 1. The summed E-state index contributed by atoms with van der Waals surface area (Å²) in [5, 5.41) is 9.85. The van der Waals surface area contributed by atoms with Crippen LogP contribution in [0.25, 0.3) is 0 Å². The number of nitrogens with two attached hydrogens (primary N) is 1. The summed E-state index contributed by atoms with van der Waals surface area (Å²) < 4.78 is 0.919. The van der Waals surface area contributed by atoms with E-state index in [9.17, 15) is 4.79 Å². The second-order valence-electron chi connectivity index (χ2n) is 2.03. The van der Waals surface area contributed by atoms with Gasteiger partial charge in [0.25, 0.3) is 5.56 Å². The van der Waals surface area contributed by atoms with Crippen LogP contribution in [0.2, 0.25) is 0 Å². The van der Waals surface area contributed by atoms with Crippen LogP contribution in [0.5, 0.6) is 0 Å². The van der Waals surface area contributed by atoms with Crippen molar-refractivity contribution in [3.8, 4) is 0 Å². The van der Waals surface area contributed by atoms with E-state index in [0.29, 0.717) is 0 Å². The zero-order valence-electron chi connectivity index (χ0n) is 6.33. The Balaban J connectivity index is 3.37. The highest BCUT2D eigenvalue weighted by Crippen LogP contribution is 1.89. The van der Waals surface area contributed by atoms with Crippen molar-refractivity contribution >= 4 is 5.95 Å². The van der Waals surface area contributed by atoms with Crippen LogP contribution in [0, 0.1) is 6.92 Å². The zero-order valence-corrected chi connectivity index (χ0v) is 6.33. The Bertz CT molecular complexity index is 317. The third-order valence-corrected chi connectivity index (χ3v) is 1.27. The molecule has 0 aliphatic carbocycles. The molecule has 0 saturated carbocycles. The van der Waals surface area contributed by atoms with E-state index < -0.39 is 0 Å². The third kappa shape index (κ3) is 1.14. The third-order valence-electron chi connectivity index (χ3n) is 1.27. The number of hydrogen-bond acceptors (Lipinski definition) is 5. The lowest BCUT2D eigenvalue weighted by molar-refractivity contribution is 0.804. The maximum atomic E-state index is 11.0. The number of nitrogens with zero attached hydrogens (tertiary/aromatic N) is 3. The number of anilines is 1. The van der Waals surface area contributed by atoms with E-state index >= 15 is 0 Å². The Morgan fingerprint density at radius 1 is 1.55 bits per heavy atom. The molecule has 0 spiro atoms.